The molecule has 16 heteroatoms. The third-order valence-corrected chi connectivity index (χ3v) is 8.58. The molecule has 0 radical (unpaired) electrons. The Bertz CT molecular complexity index is 1680. The molecular formula is C29H31F2N5O9. The summed E-state index contributed by atoms with van der Waals surface area (Å²) in [6.07, 6.45) is 0.909. The third-order valence-electron chi connectivity index (χ3n) is 8.58. The van der Waals surface area contributed by atoms with Crippen LogP contribution in [0.1, 0.15) is 65.6 Å². The molecule has 0 aliphatic carbocycles. The van der Waals surface area contributed by atoms with Crippen LogP contribution in [0.3, 0.4) is 0 Å². The van der Waals surface area contributed by atoms with Gasteiger partial charge >= 0.3 is 12.1 Å². The smallest absolute Gasteiger partial charge is 0.415 e. The first kappa shape index (κ1) is 31.4. The minimum atomic E-state index is -1.72. The van der Waals surface area contributed by atoms with E-state index in [0.717, 1.165) is 32.4 Å². The maximum Gasteiger partial charge on any atom is 0.415 e. The number of carbonyl (C=O) groups excluding carboxylic acids is 3. The largest absolute Gasteiger partial charge is 0.482 e. The molecule has 1 saturated heterocycles. The number of ether oxygens (including phenoxy) is 2. The van der Waals surface area contributed by atoms with E-state index in [2.05, 4.69) is 10.5 Å². The monoisotopic (exact) mass is 631 g/mol. The first-order chi connectivity index (χ1) is 21.3. The zero-order chi connectivity index (χ0) is 32.8. The van der Waals surface area contributed by atoms with Gasteiger partial charge in [0.15, 0.2) is 5.60 Å². The molecule has 4 heterocycles. The first-order valence-electron chi connectivity index (χ1n) is 14.0. The van der Waals surface area contributed by atoms with Crippen molar-refractivity contribution in [2.45, 2.75) is 63.4 Å². The number of carboxylic acids is 1. The van der Waals surface area contributed by atoms with Crippen molar-refractivity contribution in [1.82, 2.24) is 14.8 Å². The van der Waals surface area contributed by atoms with Crippen LogP contribution in [0, 0.1) is 11.6 Å². The van der Waals surface area contributed by atoms with Crippen LogP contribution in [-0.2, 0) is 25.7 Å². The zero-order valence-electron chi connectivity index (χ0n) is 24.8. The lowest BCUT2D eigenvalue weighted by atomic mass is 9.85. The molecule has 0 saturated carbocycles. The number of fused-ring (bicyclic) bond motifs is 5. The van der Waals surface area contributed by atoms with Crippen LogP contribution in [0.25, 0.3) is 0 Å². The lowest BCUT2D eigenvalue weighted by molar-refractivity contribution is -0.138. The number of benzene rings is 1. The number of nitrogens with one attached hydrogen (secondary N) is 1. The highest BCUT2D eigenvalue weighted by atomic mass is 19.1. The number of carbonyl (C=O) groups is 4. The van der Waals surface area contributed by atoms with Gasteiger partial charge in [0.1, 0.15) is 34.6 Å². The molecule has 1 spiro atoms. The van der Waals surface area contributed by atoms with Gasteiger partial charge in [-0.15, -0.1) is 0 Å². The summed E-state index contributed by atoms with van der Waals surface area (Å²) in [5.41, 5.74) is -3.94. The van der Waals surface area contributed by atoms with Crippen molar-refractivity contribution in [3.8, 4) is 0 Å². The molecule has 3 aliphatic heterocycles. The summed E-state index contributed by atoms with van der Waals surface area (Å²) < 4.78 is 39.2. The average molecular weight is 632 g/mol. The van der Waals surface area contributed by atoms with Crippen LogP contribution < -0.4 is 15.6 Å². The van der Waals surface area contributed by atoms with E-state index in [9.17, 15) is 37.9 Å². The fourth-order valence-corrected chi connectivity index (χ4v) is 6.00. The molecule has 3 aliphatic rings. The molecule has 2 N–H and O–H groups in total. The third kappa shape index (κ3) is 5.33. The quantitative estimate of drug-likeness (QED) is 0.486. The van der Waals surface area contributed by atoms with Crippen LogP contribution in [0.4, 0.5) is 19.3 Å². The lowest BCUT2D eigenvalue weighted by Gasteiger charge is -2.43. The van der Waals surface area contributed by atoms with Crippen LogP contribution in [-0.4, -0.2) is 82.8 Å². The van der Waals surface area contributed by atoms with Gasteiger partial charge in [0.25, 0.3) is 11.8 Å². The second-order valence-electron chi connectivity index (χ2n) is 11.1. The Labute approximate surface area is 255 Å². The van der Waals surface area contributed by atoms with Gasteiger partial charge in [-0.1, -0.05) is 11.2 Å². The molecule has 2 bridgehead atoms. The van der Waals surface area contributed by atoms with E-state index in [4.69, 9.17) is 14.3 Å². The minimum Gasteiger partial charge on any atom is -0.482 e. The Morgan fingerprint density at radius 2 is 2.00 bits per heavy atom. The topological polar surface area (TPSA) is 169 Å². The van der Waals surface area contributed by atoms with E-state index in [1.807, 2.05) is 6.92 Å². The van der Waals surface area contributed by atoms with Crippen molar-refractivity contribution in [2.24, 2.45) is 5.16 Å². The molecule has 5 rings (SSSR count). The molecule has 1 aromatic heterocycles. The SMILES string of the molecule is COC(=O)N(c1c2n(cc(C(=O)NCc3ccc(F)cc3F)c1=O)[C@@H]1CN(C2=O)[C@@H](C)CC[C@]12CC(OC)=NO2)[C@@H](C)C(=O)O. The molecule has 2 aromatic rings. The molecule has 240 valence electrons. The molecule has 3 amide bonds. The zero-order valence-corrected chi connectivity index (χ0v) is 24.8. The second kappa shape index (κ2) is 11.8. The number of hydrogen-bond acceptors (Lipinski definition) is 9. The van der Waals surface area contributed by atoms with Gasteiger partial charge in [-0.25, -0.2) is 18.4 Å². The Morgan fingerprint density at radius 3 is 2.62 bits per heavy atom. The van der Waals surface area contributed by atoms with Crippen LogP contribution in [0.15, 0.2) is 34.3 Å². The fourth-order valence-electron chi connectivity index (χ4n) is 6.00. The van der Waals surface area contributed by atoms with E-state index in [1.54, 1.807) is 0 Å². The summed E-state index contributed by atoms with van der Waals surface area (Å²) >= 11 is 0. The van der Waals surface area contributed by atoms with Crippen molar-refractivity contribution in [2.75, 3.05) is 25.7 Å². The van der Waals surface area contributed by atoms with E-state index in [0.29, 0.717) is 23.8 Å². The summed E-state index contributed by atoms with van der Waals surface area (Å²) in [7, 11) is 2.40. The Morgan fingerprint density at radius 1 is 1.27 bits per heavy atom. The van der Waals surface area contributed by atoms with Gasteiger partial charge in [-0.2, -0.15) is 0 Å². The summed E-state index contributed by atoms with van der Waals surface area (Å²) in [6.45, 7) is 2.54. The number of halogens is 2. The highest BCUT2D eigenvalue weighted by Gasteiger charge is 2.55. The number of pyridine rings is 1. The number of oxime groups is 1. The lowest BCUT2D eigenvalue weighted by Crippen LogP contribution is -2.55. The second-order valence-corrected chi connectivity index (χ2v) is 11.1. The maximum absolute atomic E-state index is 14.3. The van der Waals surface area contributed by atoms with Crippen LogP contribution in [0.2, 0.25) is 0 Å². The number of amides is 3. The highest BCUT2D eigenvalue weighted by Crippen LogP contribution is 2.46. The van der Waals surface area contributed by atoms with Gasteiger partial charge in [0.2, 0.25) is 11.3 Å². The van der Waals surface area contributed by atoms with Gasteiger partial charge < -0.3 is 34.2 Å². The molecular weight excluding hydrogens is 600 g/mol. The van der Waals surface area contributed by atoms with E-state index in [-0.39, 0.29) is 36.2 Å². The van der Waals surface area contributed by atoms with Crippen molar-refractivity contribution in [3.05, 3.63) is 63.1 Å². The summed E-state index contributed by atoms with van der Waals surface area (Å²) in [5.74, 6) is -4.71. The fraction of sp³-hybridized carbons (Fsp3) is 0.448. The number of anilines is 1. The van der Waals surface area contributed by atoms with Crippen molar-refractivity contribution in [1.29, 1.82) is 0 Å². The molecule has 45 heavy (non-hydrogen) atoms. The van der Waals surface area contributed by atoms with Gasteiger partial charge in [-0.05, 0) is 32.8 Å². The standard InChI is InChI=1S/C29H31F2N5O9/c1-14-7-8-29(10-21(43-3)33-45-29)20-13-34(14)26(39)23-22(36(28(42)44-4)15(2)27(40)41)24(37)18(12-35(20)23)25(38)32-11-16-5-6-17(30)9-19(16)31/h5-6,9,12,14-15,20H,7-8,10-11,13H2,1-4H3,(H,32,38)(H,40,41)/t14-,15-,20+,29-/m0/s1. The Balaban J connectivity index is 1.73. The number of aliphatic carboxylic acids is 1. The average Bonchev–Trinajstić information content (AvgIpc) is 3.39. The molecule has 14 nitrogen and oxygen atoms in total. The highest BCUT2D eigenvalue weighted by molar-refractivity contribution is 6.07. The number of methoxy groups -OCH3 is 2. The maximum atomic E-state index is 14.3. The van der Waals surface area contributed by atoms with Crippen LogP contribution >= 0.6 is 0 Å². The number of carboxylic acid groups (broad SMARTS) is 1. The number of aromatic nitrogens is 1. The Hall–Kier alpha value is -5.02. The minimum absolute atomic E-state index is 0.0659. The van der Waals surface area contributed by atoms with Crippen molar-refractivity contribution >= 4 is 35.5 Å². The van der Waals surface area contributed by atoms with Crippen molar-refractivity contribution in [3.63, 3.8) is 0 Å². The molecule has 4 atom stereocenters. The Kier molecular flexibility index (Phi) is 8.25. The summed E-state index contributed by atoms with van der Waals surface area (Å²) in [5, 5.41) is 16.3. The van der Waals surface area contributed by atoms with Gasteiger partial charge in [0, 0.05) is 37.0 Å². The normalized spacial score (nSPS) is 22.5. The van der Waals surface area contributed by atoms with Gasteiger partial charge in [0.05, 0.1) is 26.7 Å². The van der Waals surface area contributed by atoms with E-state index >= 15 is 0 Å². The predicted molar refractivity (Wildman–Crippen MR) is 152 cm³/mol. The van der Waals surface area contributed by atoms with Crippen LogP contribution in [0.5, 0.6) is 0 Å². The summed E-state index contributed by atoms with van der Waals surface area (Å²) in [6, 6.07) is -0.102. The molecule has 1 aromatic carbocycles. The number of rotatable bonds is 6. The van der Waals surface area contributed by atoms with Crippen molar-refractivity contribution < 1.29 is 47.4 Å². The number of nitrogens with zero attached hydrogens (tertiary/aromatic N) is 4. The molecule has 0 unspecified atom stereocenters. The first-order valence-corrected chi connectivity index (χ1v) is 14.0. The number of hydrogen-bond donors (Lipinski definition) is 2. The van der Waals surface area contributed by atoms with Gasteiger partial charge in [-0.3, -0.25) is 19.3 Å². The predicted octanol–water partition coefficient (Wildman–Crippen LogP) is 2.40. The van der Waals surface area contributed by atoms with E-state index in [1.165, 1.54) is 16.6 Å². The van der Waals surface area contributed by atoms with E-state index < -0.39 is 76.4 Å². The summed E-state index contributed by atoms with van der Waals surface area (Å²) in [4.78, 5) is 75.1. The molecule has 1 fully saturated rings.